The molecule has 3 N–H and O–H groups in total. The van der Waals surface area contributed by atoms with Gasteiger partial charge in [0.1, 0.15) is 22.8 Å². The van der Waals surface area contributed by atoms with Gasteiger partial charge < -0.3 is 19.6 Å². The Hall–Kier alpha value is -4.12. The van der Waals surface area contributed by atoms with Crippen molar-refractivity contribution in [1.82, 2.24) is 14.9 Å². The van der Waals surface area contributed by atoms with Crippen LogP contribution in [0, 0.1) is 19.7 Å². The number of ether oxygens (including phenoxy) is 1. The monoisotopic (exact) mass is 580 g/mol. The highest BCUT2D eigenvalue weighted by Gasteiger charge is 2.42. The minimum Gasteiger partial charge on any atom is -0.455 e. The van der Waals surface area contributed by atoms with E-state index in [2.05, 4.69) is 15.0 Å². The van der Waals surface area contributed by atoms with Gasteiger partial charge in [-0.15, -0.1) is 0 Å². The Labute approximate surface area is 237 Å². The lowest BCUT2D eigenvalue weighted by Crippen LogP contribution is -2.23. The number of nitrogens with zero attached hydrogens (tertiary/aromatic N) is 1. The number of aryl methyl sites for hydroxylation is 2. The molecule has 2 aromatic carbocycles. The van der Waals surface area contributed by atoms with Crippen LogP contribution in [0.25, 0.3) is 16.7 Å². The Morgan fingerprint density at radius 2 is 1.80 bits per heavy atom. The third kappa shape index (κ3) is 5.46. The quantitative estimate of drug-likeness (QED) is 0.244. The zero-order valence-corrected chi connectivity index (χ0v) is 24.5. The van der Waals surface area contributed by atoms with Gasteiger partial charge in [0.2, 0.25) is 15.5 Å². The highest BCUT2D eigenvalue weighted by Crippen LogP contribution is 2.47. The summed E-state index contributed by atoms with van der Waals surface area (Å²) in [7, 11) is -3.60. The van der Waals surface area contributed by atoms with Gasteiger partial charge in [0.15, 0.2) is 5.75 Å². The van der Waals surface area contributed by atoms with Crippen molar-refractivity contribution in [3.05, 3.63) is 81.0 Å². The lowest BCUT2D eigenvalue weighted by Gasteiger charge is -2.20. The summed E-state index contributed by atoms with van der Waals surface area (Å²) in [6.07, 6.45) is 3.42. The highest BCUT2D eigenvalue weighted by molar-refractivity contribution is 7.92. The van der Waals surface area contributed by atoms with E-state index in [1.807, 2.05) is 6.92 Å². The zero-order chi connectivity index (χ0) is 29.7. The van der Waals surface area contributed by atoms with E-state index in [0.717, 1.165) is 12.8 Å². The molecule has 0 bridgehead atoms. The van der Waals surface area contributed by atoms with Crippen molar-refractivity contribution in [3.63, 3.8) is 0 Å². The molecule has 0 radical (unpaired) electrons. The summed E-state index contributed by atoms with van der Waals surface area (Å²) in [5, 5.41) is 2.75. The summed E-state index contributed by atoms with van der Waals surface area (Å²) in [5.41, 5.74) is 2.87. The second-order valence-corrected chi connectivity index (χ2v) is 12.8. The maximum absolute atomic E-state index is 14.0. The first kappa shape index (κ1) is 28.4. The molecule has 2 heterocycles. The number of H-pyrrole nitrogens is 1. The number of carbonyl (C=O) groups is 1. The lowest BCUT2D eigenvalue weighted by molar-refractivity contribution is 0.0951. The van der Waals surface area contributed by atoms with E-state index in [0.29, 0.717) is 51.6 Å². The highest BCUT2D eigenvalue weighted by atomic mass is 32.2. The van der Waals surface area contributed by atoms with Crippen LogP contribution in [0.1, 0.15) is 60.8 Å². The Balaban J connectivity index is 1.79. The van der Waals surface area contributed by atoms with Crippen LogP contribution in [0.3, 0.4) is 0 Å². The minimum atomic E-state index is -3.60. The van der Waals surface area contributed by atoms with Crippen molar-refractivity contribution in [2.45, 2.75) is 52.9 Å². The molecule has 9 nitrogen and oxygen atoms in total. The molecule has 0 spiro atoms. The third-order valence-corrected chi connectivity index (χ3v) is 8.83. The number of aromatic amines is 1. The molecule has 1 amide bonds. The average molecular weight is 581 g/mol. The number of pyridine rings is 1. The number of nitrogens with one attached hydrogen (secondary N) is 3. The van der Waals surface area contributed by atoms with E-state index in [-0.39, 0.29) is 39.5 Å². The van der Waals surface area contributed by atoms with Gasteiger partial charge >= 0.3 is 0 Å². The second-order valence-electron chi connectivity index (χ2n) is 10.8. The minimum absolute atomic E-state index is 0.118. The number of carbonyl (C=O) groups excluding carboxylic acids is 1. The molecule has 0 atom stereocenters. The summed E-state index contributed by atoms with van der Waals surface area (Å²) < 4.78 is 49.6. The number of aromatic nitrogens is 2. The van der Waals surface area contributed by atoms with E-state index in [4.69, 9.17) is 4.74 Å². The van der Waals surface area contributed by atoms with Gasteiger partial charge in [-0.1, -0.05) is 6.92 Å². The molecular formula is C30H33FN4O5S. The van der Waals surface area contributed by atoms with Crippen molar-refractivity contribution < 1.29 is 22.3 Å². The summed E-state index contributed by atoms with van der Waals surface area (Å²) in [4.78, 5) is 29.4. The van der Waals surface area contributed by atoms with Crippen molar-refractivity contribution in [3.8, 4) is 17.2 Å². The van der Waals surface area contributed by atoms with Gasteiger partial charge in [0, 0.05) is 18.3 Å². The van der Waals surface area contributed by atoms with E-state index < -0.39 is 10.0 Å². The lowest BCUT2D eigenvalue weighted by atomic mass is 9.99. The number of rotatable bonds is 9. The molecule has 216 valence electrons. The summed E-state index contributed by atoms with van der Waals surface area (Å²) in [6.45, 7) is 9.25. The van der Waals surface area contributed by atoms with Crippen molar-refractivity contribution >= 4 is 32.7 Å². The Kier molecular flexibility index (Phi) is 7.19. The van der Waals surface area contributed by atoms with E-state index in [1.54, 1.807) is 55.8 Å². The Morgan fingerprint density at radius 3 is 2.41 bits per heavy atom. The van der Waals surface area contributed by atoms with Crippen molar-refractivity contribution in [2.24, 2.45) is 0 Å². The number of anilines is 1. The average Bonchev–Trinajstić information content (AvgIpc) is 3.48. The number of fused-ring (bicyclic) bond motifs is 1. The van der Waals surface area contributed by atoms with Gasteiger partial charge in [-0.05, 0) is 93.5 Å². The van der Waals surface area contributed by atoms with Crippen LogP contribution in [-0.2, 0) is 15.4 Å². The smallest absolute Gasteiger partial charge is 0.267 e. The van der Waals surface area contributed by atoms with Crippen LogP contribution in [0.5, 0.6) is 11.5 Å². The molecule has 1 aliphatic carbocycles. The molecule has 0 saturated heterocycles. The molecule has 1 saturated carbocycles. The molecule has 4 aromatic rings. The van der Waals surface area contributed by atoms with Crippen LogP contribution in [0.4, 0.5) is 10.1 Å². The number of amides is 1. The maximum atomic E-state index is 14.0. The maximum Gasteiger partial charge on any atom is 0.267 e. The molecule has 1 fully saturated rings. The molecule has 2 aromatic heterocycles. The summed E-state index contributed by atoms with van der Waals surface area (Å²) in [5.74, 6) is -0.0513. The van der Waals surface area contributed by atoms with Gasteiger partial charge in [-0.25, -0.2) is 12.8 Å². The van der Waals surface area contributed by atoms with Crippen LogP contribution < -0.4 is 20.2 Å². The Bertz CT molecular complexity index is 1830. The zero-order valence-electron chi connectivity index (χ0n) is 23.6. The Morgan fingerprint density at radius 1 is 1.12 bits per heavy atom. The first-order chi connectivity index (χ1) is 19.4. The summed E-state index contributed by atoms with van der Waals surface area (Å²) in [6, 6.07) is 9.19. The van der Waals surface area contributed by atoms with Crippen molar-refractivity contribution in [2.75, 3.05) is 17.0 Å². The summed E-state index contributed by atoms with van der Waals surface area (Å²) >= 11 is 0. The van der Waals surface area contributed by atoms with E-state index in [9.17, 15) is 22.4 Å². The van der Waals surface area contributed by atoms with Crippen LogP contribution >= 0.6 is 0 Å². The molecule has 41 heavy (non-hydrogen) atoms. The predicted octanol–water partition coefficient (Wildman–Crippen LogP) is 5.43. The molecule has 11 heteroatoms. The fraction of sp³-hybridized carbons (Fsp3) is 0.333. The normalized spacial score (nSPS) is 14.2. The molecular weight excluding hydrogens is 547 g/mol. The van der Waals surface area contributed by atoms with E-state index in [1.165, 1.54) is 19.1 Å². The third-order valence-electron chi connectivity index (χ3n) is 7.53. The largest absolute Gasteiger partial charge is 0.455 e. The standard InChI is InChI=1S/C30H33FN4O5S/c1-6-32-29(37)22-15-24-26(33-22)27(36)21(30(5)10-11-30)16-35(24)23-14-20(34-41(38,39)7-2)8-9-25(23)40-28-17(3)12-19(31)13-18(28)4/h8-9,12-16,33-34H,6-7,10-11H2,1-5H3,(H,32,37). The molecule has 5 rings (SSSR count). The predicted molar refractivity (Wildman–Crippen MR) is 158 cm³/mol. The second kappa shape index (κ2) is 10.4. The van der Waals surface area contributed by atoms with Gasteiger partial charge in [-0.3, -0.25) is 14.3 Å². The molecule has 0 aliphatic heterocycles. The van der Waals surface area contributed by atoms with Gasteiger partial charge in [-0.2, -0.15) is 0 Å². The first-order valence-corrected chi connectivity index (χ1v) is 15.2. The number of hydrogen-bond acceptors (Lipinski definition) is 5. The van der Waals surface area contributed by atoms with Crippen LogP contribution in [-0.4, -0.2) is 36.2 Å². The number of benzene rings is 2. The molecule has 1 aliphatic rings. The number of halogens is 1. The number of hydrogen-bond donors (Lipinski definition) is 3. The van der Waals surface area contributed by atoms with Crippen molar-refractivity contribution in [1.29, 1.82) is 0 Å². The van der Waals surface area contributed by atoms with E-state index >= 15 is 0 Å². The SMILES string of the molecule is CCNC(=O)c1cc2c([nH]1)c(=O)c(C1(C)CC1)cn2-c1cc(NS(=O)(=O)CC)ccc1Oc1c(C)cc(F)cc1C. The fourth-order valence-corrected chi connectivity index (χ4v) is 5.57. The molecule has 0 unspecified atom stereocenters. The van der Waals surface area contributed by atoms with Gasteiger partial charge in [0.05, 0.1) is 22.6 Å². The van der Waals surface area contributed by atoms with Gasteiger partial charge in [0.25, 0.3) is 5.91 Å². The fourth-order valence-electron chi connectivity index (χ4n) is 4.94. The van der Waals surface area contributed by atoms with Crippen LogP contribution in [0.15, 0.2) is 47.4 Å². The topological polar surface area (TPSA) is 122 Å². The first-order valence-electron chi connectivity index (χ1n) is 13.5. The number of sulfonamides is 1. The van der Waals surface area contributed by atoms with Crippen LogP contribution in [0.2, 0.25) is 0 Å².